The first kappa shape index (κ1) is 13.0. The summed E-state index contributed by atoms with van der Waals surface area (Å²) < 4.78 is 0. The average molecular weight is 212 g/mol. The molecule has 1 unspecified atom stereocenters. The Kier molecular flexibility index (Phi) is 5.62. The second kappa shape index (κ2) is 6.49. The minimum atomic E-state index is 0.670. The van der Waals surface area contributed by atoms with Gasteiger partial charge >= 0.3 is 0 Å². The van der Waals surface area contributed by atoms with Crippen molar-refractivity contribution in [3.63, 3.8) is 0 Å². The lowest BCUT2D eigenvalue weighted by molar-refractivity contribution is 0.162. The summed E-state index contributed by atoms with van der Waals surface area (Å²) in [6.07, 6.45) is 2.77. The molecule has 2 nitrogen and oxygen atoms in total. The molecule has 0 bridgehead atoms. The zero-order valence-corrected chi connectivity index (χ0v) is 10.9. The molecule has 0 amide bonds. The van der Waals surface area contributed by atoms with Crippen molar-refractivity contribution >= 4 is 0 Å². The van der Waals surface area contributed by atoms with Gasteiger partial charge in [0.2, 0.25) is 0 Å². The van der Waals surface area contributed by atoms with E-state index in [9.17, 15) is 0 Å². The van der Waals surface area contributed by atoms with E-state index >= 15 is 0 Å². The largest absolute Gasteiger partial charge is 0.313 e. The molecule has 1 aliphatic heterocycles. The van der Waals surface area contributed by atoms with Gasteiger partial charge in [-0.3, -0.25) is 0 Å². The van der Waals surface area contributed by atoms with Gasteiger partial charge in [-0.15, -0.1) is 0 Å². The molecule has 1 aliphatic rings. The maximum Gasteiger partial charge on any atom is 0.0217 e. The summed E-state index contributed by atoms with van der Waals surface area (Å²) in [6, 6.07) is 0.670. The van der Waals surface area contributed by atoms with E-state index in [4.69, 9.17) is 0 Å². The van der Waals surface area contributed by atoms with Gasteiger partial charge in [-0.2, -0.15) is 0 Å². The van der Waals surface area contributed by atoms with Crippen LogP contribution in [-0.4, -0.2) is 37.1 Å². The fourth-order valence-electron chi connectivity index (χ4n) is 2.30. The van der Waals surface area contributed by atoms with Crippen molar-refractivity contribution in [1.82, 2.24) is 10.2 Å². The van der Waals surface area contributed by atoms with E-state index in [1.165, 1.54) is 32.5 Å². The summed E-state index contributed by atoms with van der Waals surface area (Å²) in [7, 11) is 0. The summed E-state index contributed by atoms with van der Waals surface area (Å²) in [6.45, 7) is 14.1. The van der Waals surface area contributed by atoms with E-state index in [1.807, 2.05) is 0 Å². The van der Waals surface area contributed by atoms with Crippen molar-refractivity contribution < 1.29 is 0 Å². The SMILES string of the molecule is CCNC(CN1CCC(C)CC1)C(C)C. The number of nitrogens with one attached hydrogen (secondary N) is 1. The smallest absolute Gasteiger partial charge is 0.0217 e. The minimum Gasteiger partial charge on any atom is -0.313 e. The molecule has 90 valence electrons. The molecule has 1 N–H and O–H groups in total. The summed E-state index contributed by atoms with van der Waals surface area (Å²) in [4.78, 5) is 2.63. The number of hydrogen-bond acceptors (Lipinski definition) is 2. The predicted molar refractivity (Wildman–Crippen MR) is 67.1 cm³/mol. The van der Waals surface area contributed by atoms with Crippen molar-refractivity contribution in [2.75, 3.05) is 26.2 Å². The third-order valence-corrected chi connectivity index (χ3v) is 3.60. The summed E-state index contributed by atoms with van der Waals surface area (Å²) >= 11 is 0. The van der Waals surface area contributed by atoms with E-state index in [0.29, 0.717) is 6.04 Å². The number of rotatable bonds is 5. The Hall–Kier alpha value is -0.0800. The number of hydrogen-bond donors (Lipinski definition) is 1. The Bertz CT molecular complexity index is 160. The number of likely N-dealkylation sites (tertiary alicyclic amines) is 1. The van der Waals surface area contributed by atoms with Crippen LogP contribution in [0.25, 0.3) is 0 Å². The highest BCUT2D eigenvalue weighted by atomic mass is 15.2. The maximum atomic E-state index is 3.60. The average Bonchev–Trinajstić information content (AvgIpc) is 2.20. The molecule has 1 rings (SSSR count). The van der Waals surface area contributed by atoms with E-state index in [0.717, 1.165) is 18.4 Å². The van der Waals surface area contributed by atoms with Crippen molar-refractivity contribution in [2.45, 2.75) is 46.6 Å². The highest BCUT2D eigenvalue weighted by molar-refractivity contribution is 4.77. The topological polar surface area (TPSA) is 15.3 Å². The fourth-order valence-corrected chi connectivity index (χ4v) is 2.30. The van der Waals surface area contributed by atoms with Crippen LogP contribution in [0.4, 0.5) is 0 Å². The Morgan fingerprint density at radius 1 is 1.27 bits per heavy atom. The third kappa shape index (κ3) is 4.52. The first-order valence-corrected chi connectivity index (χ1v) is 6.59. The normalized spacial score (nSPS) is 22.2. The Morgan fingerprint density at radius 2 is 1.87 bits per heavy atom. The zero-order valence-electron chi connectivity index (χ0n) is 10.9. The monoisotopic (exact) mass is 212 g/mol. The van der Waals surface area contributed by atoms with Gasteiger partial charge in [-0.05, 0) is 44.3 Å². The molecule has 0 aromatic carbocycles. The summed E-state index contributed by atoms with van der Waals surface area (Å²) in [5.41, 5.74) is 0. The van der Waals surface area contributed by atoms with Gasteiger partial charge in [-0.25, -0.2) is 0 Å². The highest BCUT2D eigenvalue weighted by Gasteiger charge is 2.20. The molecule has 0 aromatic rings. The van der Waals surface area contributed by atoms with Gasteiger partial charge in [0.05, 0.1) is 0 Å². The first-order chi connectivity index (χ1) is 7.13. The van der Waals surface area contributed by atoms with Crippen LogP contribution in [0, 0.1) is 11.8 Å². The van der Waals surface area contributed by atoms with Crippen LogP contribution in [0.1, 0.15) is 40.5 Å². The molecule has 0 saturated carbocycles. The third-order valence-electron chi connectivity index (χ3n) is 3.60. The van der Waals surface area contributed by atoms with Crippen molar-refractivity contribution in [1.29, 1.82) is 0 Å². The molecule has 15 heavy (non-hydrogen) atoms. The Balaban J connectivity index is 2.31. The fraction of sp³-hybridized carbons (Fsp3) is 1.00. The lowest BCUT2D eigenvalue weighted by atomic mass is 9.97. The van der Waals surface area contributed by atoms with Gasteiger partial charge in [0.25, 0.3) is 0 Å². The lowest BCUT2D eigenvalue weighted by Gasteiger charge is -2.34. The van der Waals surface area contributed by atoms with Gasteiger partial charge in [0.15, 0.2) is 0 Å². The van der Waals surface area contributed by atoms with Crippen LogP contribution in [0.5, 0.6) is 0 Å². The molecule has 0 radical (unpaired) electrons. The van der Waals surface area contributed by atoms with Crippen LogP contribution < -0.4 is 5.32 Å². The van der Waals surface area contributed by atoms with Gasteiger partial charge in [-0.1, -0.05) is 27.7 Å². The molecule has 1 heterocycles. The second-order valence-corrected chi connectivity index (χ2v) is 5.39. The van der Waals surface area contributed by atoms with Gasteiger partial charge in [0.1, 0.15) is 0 Å². The molecule has 2 heteroatoms. The van der Waals surface area contributed by atoms with Gasteiger partial charge in [0, 0.05) is 12.6 Å². The summed E-state index contributed by atoms with van der Waals surface area (Å²) in [5.74, 6) is 1.68. The quantitative estimate of drug-likeness (QED) is 0.752. The van der Waals surface area contributed by atoms with Crippen molar-refractivity contribution in [2.24, 2.45) is 11.8 Å². The number of piperidine rings is 1. The van der Waals surface area contributed by atoms with Crippen LogP contribution in [0.15, 0.2) is 0 Å². The second-order valence-electron chi connectivity index (χ2n) is 5.39. The van der Waals surface area contributed by atoms with E-state index in [2.05, 4.69) is 37.9 Å². The number of nitrogens with zero attached hydrogens (tertiary/aromatic N) is 1. The predicted octanol–water partition coefficient (Wildman–Crippen LogP) is 2.35. The van der Waals surface area contributed by atoms with Crippen molar-refractivity contribution in [3.8, 4) is 0 Å². The molecular weight excluding hydrogens is 184 g/mol. The van der Waals surface area contributed by atoms with Gasteiger partial charge < -0.3 is 10.2 Å². The van der Waals surface area contributed by atoms with Crippen molar-refractivity contribution in [3.05, 3.63) is 0 Å². The van der Waals surface area contributed by atoms with E-state index in [-0.39, 0.29) is 0 Å². The molecular formula is C13H28N2. The standard InChI is InChI=1S/C13H28N2/c1-5-14-13(11(2)3)10-15-8-6-12(4)7-9-15/h11-14H,5-10H2,1-4H3. The molecule has 1 saturated heterocycles. The van der Waals surface area contributed by atoms with Crippen LogP contribution in [0.2, 0.25) is 0 Å². The molecule has 1 fully saturated rings. The molecule has 0 aromatic heterocycles. The lowest BCUT2D eigenvalue weighted by Crippen LogP contribution is -2.46. The highest BCUT2D eigenvalue weighted by Crippen LogP contribution is 2.17. The van der Waals surface area contributed by atoms with Crippen LogP contribution in [-0.2, 0) is 0 Å². The van der Waals surface area contributed by atoms with Crippen LogP contribution in [0.3, 0.4) is 0 Å². The number of likely N-dealkylation sites (N-methyl/N-ethyl adjacent to an activating group) is 1. The zero-order chi connectivity index (χ0) is 11.3. The molecule has 0 aliphatic carbocycles. The van der Waals surface area contributed by atoms with E-state index in [1.54, 1.807) is 0 Å². The molecule has 0 spiro atoms. The molecule has 1 atom stereocenters. The minimum absolute atomic E-state index is 0.670. The first-order valence-electron chi connectivity index (χ1n) is 6.59. The summed E-state index contributed by atoms with van der Waals surface area (Å²) in [5, 5.41) is 3.60. The van der Waals surface area contributed by atoms with Crippen LogP contribution >= 0.6 is 0 Å². The van der Waals surface area contributed by atoms with E-state index < -0.39 is 0 Å². The Labute approximate surface area is 95.4 Å². The Morgan fingerprint density at radius 3 is 2.33 bits per heavy atom. The maximum absolute atomic E-state index is 3.60.